The fraction of sp³-hybridized carbons (Fsp3) is 0.250. The van der Waals surface area contributed by atoms with Crippen molar-refractivity contribution in [1.29, 1.82) is 0 Å². The molecule has 1 aliphatic heterocycles. The van der Waals surface area contributed by atoms with E-state index in [-0.39, 0.29) is 0 Å². The van der Waals surface area contributed by atoms with Crippen LogP contribution in [0.2, 0.25) is 0 Å². The van der Waals surface area contributed by atoms with E-state index in [1.54, 1.807) is 0 Å². The Kier molecular flexibility index (Phi) is 6.60. The number of piperazine rings is 1. The van der Waals surface area contributed by atoms with Crippen molar-refractivity contribution in [2.45, 2.75) is 19.2 Å². The van der Waals surface area contributed by atoms with E-state index < -0.39 is 12.0 Å². The van der Waals surface area contributed by atoms with Crippen LogP contribution in [0.15, 0.2) is 85.1 Å². The highest BCUT2D eigenvalue weighted by atomic mass is 16.5. The lowest BCUT2D eigenvalue weighted by molar-refractivity contribution is -0.144. The van der Waals surface area contributed by atoms with Crippen LogP contribution in [0.5, 0.6) is 5.75 Å². The van der Waals surface area contributed by atoms with Gasteiger partial charge in [-0.3, -0.25) is 14.6 Å². The lowest BCUT2D eigenvalue weighted by Gasteiger charge is -2.37. The monoisotopic (exact) mass is 455 g/mol. The largest absolute Gasteiger partial charge is 0.489 e. The van der Waals surface area contributed by atoms with Crippen molar-refractivity contribution in [3.63, 3.8) is 0 Å². The summed E-state index contributed by atoms with van der Waals surface area (Å²) in [7, 11) is 0. The summed E-state index contributed by atoms with van der Waals surface area (Å²) >= 11 is 0. The summed E-state index contributed by atoms with van der Waals surface area (Å²) in [6.45, 7) is 4.46. The Balaban J connectivity index is 1.31. The van der Waals surface area contributed by atoms with E-state index in [1.807, 2.05) is 60.8 Å². The number of carboxylic acid groups (broad SMARTS) is 1. The maximum atomic E-state index is 12.4. The molecule has 1 unspecified atom stereocenters. The van der Waals surface area contributed by atoms with Gasteiger partial charge < -0.3 is 14.8 Å². The third-order valence-electron chi connectivity index (χ3n) is 6.48. The number of rotatable bonds is 8. The number of aromatic amines is 1. The number of nitrogens with zero attached hydrogens (tertiary/aromatic N) is 2. The van der Waals surface area contributed by atoms with Crippen molar-refractivity contribution in [3.05, 3.63) is 102 Å². The number of aromatic nitrogens is 1. The lowest BCUT2D eigenvalue weighted by atomic mass is 10.0. The minimum Gasteiger partial charge on any atom is -0.489 e. The van der Waals surface area contributed by atoms with Crippen LogP contribution < -0.4 is 4.74 Å². The summed E-state index contributed by atoms with van der Waals surface area (Å²) in [6.07, 6.45) is 1.83. The first kappa shape index (κ1) is 22.2. The van der Waals surface area contributed by atoms with E-state index in [9.17, 15) is 9.90 Å². The molecule has 4 aromatic rings. The number of aliphatic carboxylic acids is 1. The van der Waals surface area contributed by atoms with Gasteiger partial charge >= 0.3 is 5.97 Å². The van der Waals surface area contributed by atoms with Crippen molar-refractivity contribution in [3.8, 4) is 5.75 Å². The number of fused-ring (bicyclic) bond motifs is 1. The molecule has 3 aromatic carbocycles. The molecule has 1 aliphatic rings. The van der Waals surface area contributed by atoms with Crippen molar-refractivity contribution >= 4 is 16.9 Å². The predicted octanol–water partition coefficient (Wildman–Crippen LogP) is 4.69. The Morgan fingerprint density at radius 1 is 0.912 bits per heavy atom. The fourth-order valence-corrected chi connectivity index (χ4v) is 4.69. The molecule has 5 rings (SSSR count). The van der Waals surface area contributed by atoms with Crippen molar-refractivity contribution in [1.82, 2.24) is 14.8 Å². The molecule has 1 fully saturated rings. The van der Waals surface area contributed by atoms with Crippen LogP contribution in [-0.2, 0) is 17.9 Å². The number of ether oxygens (including phenoxy) is 1. The molecule has 0 aliphatic carbocycles. The highest BCUT2D eigenvalue weighted by Crippen LogP contribution is 2.32. The van der Waals surface area contributed by atoms with Gasteiger partial charge in [-0.25, -0.2) is 0 Å². The summed E-state index contributed by atoms with van der Waals surface area (Å²) in [4.78, 5) is 20.1. The van der Waals surface area contributed by atoms with Gasteiger partial charge in [0.2, 0.25) is 0 Å². The molecule has 1 saturated heterocycles. The Bertz CT molecular complexity index is 1230. The number of benzene rings is 3. The molecule has 34 heavy (non-hydrogen) atoms. The first-order valence-corrected chi connectivity index (χ1v) is 11.7. The minimum absolute atomic E-state index is 0.470. The number of carboxylic acids is 1. The van der Waals surface area contributed by atoms with Gasteiger partial charge in [-0.2, -0.15) is 0 Å². The highest BCUT2D eigenvalue weighted by molar-refractivity contribution is 5.90. The Hall–Kier alpha value is -3.61. The second-order valence-electron chi connectivity index (χ2n) is 8.76. The van der Waals surface area contributed by atoms with Crippen molar-refractivity contribution < 1.29 is 14.6 Å². The number of nitrogens with one attached hydrogen (secondary N) is 1. The highest BCUT2D eigenvalue weighted by Gasteiger charge is 2.32. The molecule has 0 amide bonds. The second-order valence-corrected chi connectivity index (χ2v) is 8.76. The third kappa shape index (κ3) is 4.98. The molecule has 2 heterocycles. The summed E-state index contributed by atoms with van der Waals surface area (Å²) in [5.41, 5.74) is 4.07. The Labute approximate surface area is 199 Å². The maximum Gasteiger partial charge on any atom is 0.325 e. The molecule has 0 radical (unpaired) electrons. The van der Waals surface area contributed by atoms with Crippen LogP contribution in [0.25, 0.3) is 10.9 Å². The zero-order valence-corrected chi connectivity index (χ0v) is 19.1. The average molecular weight is 456 g/mol. The Morgan fingerprint density at radius 3 is 2.26 bits per heavy atom. The summed E-state index contributed by atoms with van der Waals surface area (Å²) in [5.74, 6) is -0.0953. The molecule has 2 N–H and O–H groups in total. The van der Waals surface area contributed by atoms with Crippen LogP contribution in [0.3, 0.4) is 0 Å². The molecule has 0 saturated carbocycles. The summed E-state index contributed by atoms with van der Waals surface area (Å²) in [6, 6.07) is 25.5. The van der Waals surface area contributed by atoms with Gasteiger partial charge in [0.25, 0.3) is 0 Å². The molecule has 1 aromatic heterocycles. The Morgan fingerprint density at radius 2 is 1.59 bits per heavy atom. The minimum atomic E-state index is -0.826. The molecule has 174 valence electrons. The normalized spacial score (nSPS) is 15.9. The zero-order chi connectivity index (χ0) is 23.3. The van der Waals surface area contributed by atoms with Gasteiger partial charge in [-0.05, 0) is 29.3 Å². The molecular formula is C28H29N3O3. The van der Waals surface area contributed by atoms with Crippen LogP contribution in [0.1, 0.15) is 22.7 Å². The second kappa shape index (κ2) is 10.1. The average Bonchev–Trinajstić information content (AvgIpc) is 3.28. The van der Waals surface area contributed by atoms with E-state index in [0.717, 1.165) is 47.4 Å². The summed E-state index contributed by atoms with van der Waals surface area (Å²) in [5, 5.41) is 11.1. The molecule has 6 nitrogen and oxygen atoms in total. The predicted molar refractivity (Wildman–Crippen MR) is 133 cm³/mol. The van der Waals surface area contributed by atoms with Crippen LogP contribution >= 0.6 is 0 Å². The van der Waals surface area contributed by atoms with Crippen LogP contribution in [0.4, 0.5) is 0 Å². The first-order chi connectivity index (χ1) is 16.7. The first-order valence-electron chi connectivity index (χ1n) is 11.7. The van der Waals surface area contributed by atoms with Gasteiger partial charge in [0.15, 0.2) is 0 Å². The molecule has 0 spiro atoms. The van der Waals surface area contributed by atoms with E-state index in [2.05, 4.69) is 39.0 Å². The van der Waals surface area contributed by atoms with Crippen molar-refractivity contribution in [2.24, 2.45) is 0 Å². The molecule has 0 bridgehead atoms. The zero-order valence-electron chi connectivity index (χ0n) is 19.1. The lowest BCUT2D eigenvalue weighted by Crippen LogP contribution is -2.48. The quantitative estimate of drug-likeness (QED) is 0.403. The topological polar surface area (TPSA) is 68.8 Å². The standard InChI is InChI=1S/C28H29N3O3/c32-28(33)27(31-15-13-30(14-16-31)19-21-7-3-1-4-8-21)25-18-29-26-12-11-23(17-24(25)26)34-20-22-9-5-2-6-10-22/h1-12,17-18,27,29H,13-16,19-20H2,(H,32,33). The smallest absolute Gasteiger partial charge is 0.325 e. The molecular weight excluding hydrogens is 426 g/mol. The fourth-order valence-electron chi connectivity index (χ4n) is 4.69. The van der Waals surface area contributed by atoms with Crippen LogP contribution in [0, 0.1) is 0 Å². The van der Waals surface area contributed by atoms with E-state index in [1.165, 1.54) is 5.56 Å². The van der Waals surface area contributed by atoms with Gasteiger partial charge in [0.1, 0.15) is 18.4 Å². The summed E-state index contributed by atoms with van der Waals surface area (Å²) < 4.78 is 6.00. The molecule has 1 atom stereocenters. The van der Waals surface area contributed by atoms with Gasteiger partial charge in [0, 0.05) is 55.4 Å². The van der Waals surface area contributed by atoms with E-state index in [0.29, 0.717) is 19.7 Å². The van der Waals surface area contributed by atoms with Crippen molar-refractivity contribution in [2.75, 3.05) is 26.2 Å². The van der Waals surface area contributed by atoms with E-state index in [4.69, 9.17) is 4.74 Å². The number of hydrogen-bond donors (Lipinski definition) is 2. The third-order valence-corrected chi connectivity index (χ3v) is 6.48. The van der Waals surface area contributed by atoms with Gasteiger partial charge in [0.05, 0.1) is 0 Å². The number of carbonyl (C=O) groups is 1. The van der Waals surface area contributed by atoms with Crippen LogP contribution in [-0.4, -0.2) is 52.0 Å². The number of hydrogen-bond acceptors (Lipinski definition) is 4. The molecule has 6 heteroatoms. The maximum absolute atomic E-state index is 12.4. The van der Waals surface area contributed by atoms with Gasteiger partial charge in [-0.1, -0.05) is 60.7 Å². The van der Waals surface area contributed by atoms with E-state index >= 15 is 0 Å². The SMILES string of the molecule is O=C(O)C(c1c[nH]c2ccc(OCc3ccccc3)cc12)N1CCN(Cc2ccccc2)CC1. The number of H-pyrrole nitrogens is 1. The van der Waals surface area contributed by atoms with Gasteiger partial charge in [-0.15, -0.1) is 0 Å².